The van der Waals surface area contributed by atoms with Crippen LogP contribution in [0.15, 0.2) is 5.16 Å². The van der Waals surface area contributed by atoms with Crippen LogP contribution < -0.4 is 0 Å². The molecule has 0 radical (unpaired) electrons. The van der Waals surface area contributed by atoms with E-state index in [0.29, 0.717) is 12.0 Å². The molecule has 4 heteroatoms. The molecule has 1 N–H and O–H groups in total. The summed E-state index contributed by atoms with van der Waals surface area (Å²) in [6.07, 6.45) is 4.65. The SMILES string of the molecule is CCC1CN(CC2CCC(C)(C)O2)CCC1=NO. The summed E-state index contributed by atoms with van der Waals surface area (Å²) in [7, 11) is 0. The van der Waals surface area contributed by atoms with Crippen LogP contribution in [0.1, 0.15) is 46.5 Å². The molecular weight excluding hydrogens is 228 g/mol. The maximum absolute atomic E-state index is 8.98. The van der Waals surface area contributed by atoms with Gasteiger partial charge in [0.25, 0.3) is 0 Å². The molecule has 2 aliphatic heterocycles. The molecule has 0 amide bonds. The van der Waals surface area contributed by atoms with Crippen LogP contribution >= 0.6 is 0 Å². The van der Waals surface area contributed by atoms with E-state index in [0.717, 1.165) is 44.6 Å². The lowest BCUT2D eigenvalue weighted by atomic mass is 9.93. The normalized spacial score (nSPS) is 35.2. The maximum Gasteiger partial charge on any atom is 0.0710 e. The molecule has 2 fully saturated rings. The second kappa shape index (κ2) is 5.57. The van der Waals surface area contributed by atoms with Crippen molar-refractivity contribution in [3.05, 3.63) is 0 Å². The molecule has 4 nitrogen and oxygen atoms in total. The molecule has 0 aliphatic carbocycles. The zero-order chi connectivity index (χ0) is 13.2. The first-order chi connectivity index (χ1) is 8.54. The van der Waals surface area contributed by atoms with E-state index >= 15 is 0 Å². The Balaban J connectivity index is 1.85. The highest BCUT2D eigenvalue weighted by atomic mass is 16.5. The van der Waals surface area contributed by atoms with Crippen molar-refractivity contribution in [3.8, 4) is 0 Å². The summed E-state index contributed by atoms with van der Waals surface area (Å²) in [5.41, 5.74) is 1.03. The average Bonchev–Trinajstić information content (AvgIpc) is 2.68. The van der Waals surface area contributed by atoms with Gasteiger partial charge in [-0.3, -0.25) is 4.90 Å². The first-order valence-corrected chi connectivity index (χ1v) is 7.15. The van der Waals surface area contributed by atoms with E-state index in [1.54, 1.807) is 0 Å². The first-order valence-electron chi connectivity index (χ1n) is 7.15. The van der Waals surface area contributed by atoms with Gasteiger partial charge in [-0.25, -0.2) is 0 Å². The predicted molar refractivity (Wildman–Crippen MR) is 72.2 cm³/mol. The zero-order valence-electron chi connectivity index (χ0n) is 11.9. The molecule has 2 saturated heterocycles. The van der Waals surface area contributed by atoms with Crippen LogP contribution in [-0.4, -0.2) is 47.2 Å². The number of rotatable bonds is 3. The van der Waals surface area contributed by atoms with Crippen molar-refractivity contribution in [1.29, 1.82) is 0 Å². The third-order valence-corrected chi connectivity index (χ3v) is 4.27. The van der Waals surface area contributed by atoms with Crippen molar-refractivity contribution in [1.82, 2.24) is 4.90 Å². The van der Waals surface area contributed by atoms with Gasteiger partial charge in [0.1, 0.15) is 0 Å². The van der Waals surface area contributed by atoms with Gasteiger partial charge in [0.05, 0.1) is 17.4 Å². The second-order valence-corrected chi connectivity index (χ2v) is 6.24. The Labute approximate surface area is 110 Å². The van der Waals surface area contributed by atoms with Crippen LogP contribution in [0.4, 0.5) is 0 Å². The highest BCUT2D eigenvalue weighted by Crippen LogP contribution is 2.30. The van der Waals surface area contributed by atoms with Crippen molar-refractivity contribution in [2.45, 2.75) is 58.2 Å². The van der Waals surface area contributed by atoms with E-state index in [1.807, 2.05) is 0 Å². The van der Waals surface area contributed by atoms with Gasteiger partial charge in [0, 0.05) is 32.0 Å². The predicted octanol–water partition coefficient (Wildman–Crippen LogP) is 2.51. The molecule has 2 rings (SSSR count). The summed E-state index contributed by atoms with van der Waals surface area (Å²) in [6.45, 7) is 9.54. The number of nitrogens with zero attached hydrogens (tertiary/aromatic N) is 2. The van der Waals surface area contributed by atoms with Crippen LogP contribution in [0.5, 0.6) is 0 Å². The summed E-state index contributed by atoms with van der Waals surface area (Å²) in [5, 5.41) is 12.4. The van der Waals surface area contributed by atoms with Gasteiger partial charge in [-0.2, -0.15) is 0 Å². The van der Waals surface area contributed by atoms with Gasteiger partial charge in [-0.15, -0.1) is 0 Å². The number of hydrogen-bond acceptors (Lipinski definition) is 4. The van der Waals surface area contributed by atoms with E-state index in [9.17, 15) is 0 Å². The van der Waals surface area contributed by atoms with E-state index in [2.05, 4.69) is 30.8 Å². The van der Waals surface area contributed by atoms with Crippen LogP contribution in [0.2, 0.25) is 0 Å². The second-order valence-electron chi connectivity index (χ2n) is 6.24. The van der Waals surface area contributed by atoms with Crippen LogP contribution in [0.25, 0.3) is 0 Å². The molecule has 0 aromatic heterocycles. The average molecular weight is 254 g/mol. The van der Waals surface area contributed by atoms with Crippen molar-refractivity contribution >= 4 is 5.71 Å². The summed E-state index contributed by atoms with van der Waals surface area (Å²) in [6, 6.07) is 0. The fourth-order valence-electron chi connectivity index (χ4n) is 3.14. The first kappa shape index (κ1) is 13.8. The highest BCUT2D eigenvalue weighted by molar-refractivity contribution is 5.87. The number of hydrogen-bond donors (Lipinski definition) is 1. The van der Waals surface area contributed by atoms with Crippen molar-refractivity contribution in [3.63, 3.8) is 0 Å². The van der Waals surface area contributed by atoms with Crippen molar-refractivity contribution < 1.29 is 9.94 Å². The Kier molecular flexibility index (Phi) is 4.28. The third kappa shape index (κ3) is 3.23. The van der Waals surface area contributed by atoms with Gasteiger partial charge < -0.3 is 9.94 Å². The molecule has 0 spiro atoms. The molecule has 0 saturated carbocycles. The van der Waals surface area contributed by atoms with E-state index in [1.165, 1.54) is 6.42 Å². The smallest absolute Gasteiger partial charge is 0.0710 e. The summed E-state index contributed by atoms with van der Waals surface area (Å²) >= 11 is 0. The lowest BCUT2D eigenvalue weighted by Gasteiger charge is -2.34. The zero-order valence-corrected chi connectivity index (χ0v) is 11.9. The standard InChI is InChI=1S/C14H26N2O2/c1-4-11-9-16(8-6-13(11)15-17)10-12-5-7-14(2,3)18-12/h11-12,17H,4-10H2,1-3H3. The van der Waals surface area contributed by atoms with Gasteiger partial charge in [0.15, 0.2) is 0 Å². The van der Waals surface area contributed by atoms with E-state index < -0.39 is 0 Å². The molecule has 0 aromatic carbocycles. The summed E-state index contributed by atoms with van der Waals surface area (Å²) in [4.78, 5) is 2.47. The van der Waals surface area contributed by atoms with Crippen LogP contribution in [0, 0.1) is 5.92 Å². The minimum Gasteiger partial charge on any atom is -0.411 e. The summed E-state index contributed by atoms with van der Waals surface area (Å²) in [5.74, 6) is 0.415. The fourth-order valence-corrected chi connectivity index (χ4v) is 3.14. The Morgan fingerprint density at radius 2 is 2.28 bits per heavy atom. The largest absolute Gasteiger partial charge is 0.411 e. The number of likely N-dealkylation sites (tertiary alicyclic amines) is 1. The molecular formula is C14H26N2O2. The Morgan fingerprint density at radius 3 is 2.83 bits per heavy atom. The van der Waals surface area contributed by atoms with Crippen LogP contribution in [-0.2, 0) is 4.74 Å². The molecule has 2 aliphatic rings. The van der Waals surface area contributed by atoms with E-state index in [4.69, 9.17) is 9.94 Å². The lowest BCUT2D eigenvalue weighted by Crippen LogP contribution is -2.44. The molecule has 2 unspecified atom stereocenters. The third-order valence-electron chi connectivity index (χ3n) is 4.27. The van der Waals surface area contributed by atoms with Crippen molar-refractivity contribution in [2.75, 3.05) is 19.6 Å². The molecule has 2 atom stereocenters. The van der Waals surface area contributed by atoms with Gasteiger partial charge >= 0.3 is 0 Å². The number of piperidine rings is 1. The Morgan fingerprint density at radius 1 is 1.50 bits per heavy atom. The van der Waals surface area contributed by atoms with Gasteiger partial charge in [-0.05, 0) is 33.1 Å². The minimum absolute atomic E-state index is 0.0579. The molecule has 0 aromatic rings. The maximum atomic E-state index is 8.98. The van der Waals surface area contributed by atoms with Gasteiger partial charge in [-0.1, -0.05) is 12.1 Å². The molecule has 18 heavy (non-hydrogen) atoms. The topological polar surface area (TPSA) is 45.1 Å². The lowest BCUT2D eigenvalue weighted by molar-refractivity contribution is -0.0301. The molecule has 2 heterocycles. The van der Waals surface area contributed by atoms with E-state index in [-0.39, 0.29) is 5.60 Å². The molecule has 0 bridgehead atoms. The monoisotopic (exact) mass is 254 g/mol. The summed E-state index contributed by atoms with van der Waals surface area (Å²) < 4.78 is 6.05. The van der Waals surface area contributed by atoms with Gasteiger partial charge in [0.2, 0.25) is 0 Å². The Bertz CT molecular complexity index is 315. The fraction of sp³-hybridized carbons (Fsp3) is 0.929. The van der Waals surface area contributed by atoms with Crippen molar-refractivity contribution in [2.24, 2.45) is 11.1 Å². The number of oxime groups is 1. The Hall–Kier alpha value is -0.610. The minimum atomic E-state index is 0.0579. The number of ether oxygens (including phenoxy) is 1. The molecule has 104 valence electrons. The quantitative estimate of drug-likeness (QED) is 0.621. The highest BCUT2D eigenvalue weighted by Gasteiger charge is 2.34. The van der Waals surface area contributed by atoms with Crippen LogP contribution in [0.3, 0.4) is 0 Å².